The average Bonchev–Trinajstić information content (AvgIpc) is 3.89. The highest BCUT2D eigenvalue weighted by Gasteiger charge is 2.50. The Hall–Kier alpha value is -3.13. The summed E-state index contributed by atoms with van der Waals surface area (Å²) < 4.78 is 59.5. The van der Waals surface area contributed by atoms with Gasteiger partial charge in [-0.15, -0.1) is 11.8 Å². The molecule has 3 aliphatic rings. The standard InChI is InChI=1S/C26H38N10O14P2S/c27-13(2-1-12-6-30-11-53-12)25(38)49-21-16(48-24(20(21)37)36-10-33-19-22(29)31-9-32-23(19)36)8-46-52(43,44)50-14-5-18(35-4-3-17(28)34-26(35)39)47-15(14)7-45-51(40,41)42/h3-4,9-10,12-16,18,20-21,24,30,37H,1-2,5-8,11,27H2,(H,43,44)(H2,28,34,39)(H2,29,31,32)(H2,40,41,42)/t12-,13?,14-,15+,16+,18+,20+,21+,24+/m0/s1. The number of carbonyl (C=O) groups excluding carboxylic acids is 1. The van der Waals surface area contributed by atoms with Crippen LogP contribution in [0.15, 0.2) is 29.7 Å². The monoisotopic (exact) mass is 808 g/mol. The molecule has 0 amide bonds. The zero-order chi connectivity index (χ0) is 38.1. The third-order valence-electron chi connectivity index (χ3n) is 8.54. The summed E-state index contributed by atoms with van der Waals surface area (Å²) >= 11 is 1.70. The van der Waals surface area contributed by atoms with E-state index in [1.54, 1.807) is 11.8 Å². The van der Waals surface area contributed by atoms with Gasteiger partial charge in [-0.3, -0.25) is 27.5 Å². The van der Waals surface area contributed by atoms with Crippen LogP contribution < -0.4 is 28.2 Å². The first kappa shape index (κ1) is 39.6. The van der Waals surface area contributed by atoms with Crippen molar-refractivity contribution in [3.8, 4) is 0 Å². The van der Waals surface area contributed by atoms with E-state index in [-0.39, 0.29) is 40.9 Å². The molecule has 6 rings (SSSR count). The maximum atomic E-state index is 13.3. The molecule has 0 aromatic carbocycles. The summed E-state index contributed by atoms with van der Waals surface area (Å²) in [5.41, 5.74) is 17.1. The highest BCUT2D eigenvalue weighted by molar-refractivity contribution is 8.00. The lowest BCUT2D eigenvalue weighted by Crippen LogP contribution is -2.43. The zero-order valence-electron chi connectivity index (χ0n) is 27.5. The van der Waals surface area contributed by atoms with Crippen LogP contribution in [0.2, 0.25) is 0 Å². The highest BCUT2D eigenvalue weighted by Crippen LogP contribution is 2.50. The average molecular weight is 809 g/mol. The van der Waals surface area contributed by atoms with Crippen molar-refractivity contribution in [1.82, 2.24) is 34.4 Å². The Kier molecular flexibility index (Phi) is 12.2. The lowest BCUT2D eigenvalue weighted by molar-refractivity contribution is -0.158. The van der Waals surface area contributed by atoms with Gasteiger partial charge in [0.1, 0.15) is 54.3 Å². The number of aliphatic hydroxyl groups is 1. The maximum Gasteiger partial charge on any atom is 0.472 e. The van der Waals surface area contributed by atoms with Gasteiger partial charge >= 0.3 is 27.3 Å². The summed E-state index contributed by atoms with van der Waals surface area (Å²) in [4.78, 5) is 70.6. The van der Waals surface area contributed by atoms with Gasteiger partial charge in [0.15, 0.2) is 23.8 Å². The number of aliphatic hydroxyl groups excluding tert-OH is 1. The van der Waals surface area contributed by atoms with Crippen LogP contribution in [-0.4, -0.2) is 122 Å². The van der Waals surface area contributed by atoms with E-state index in [0.717, 1.165) is 17.0 Å². The van der Waals surface area contributed by atoms with E-state index in [2.05, 4.69) is 29.8 Å². The van der Waals surface area contributed by atoms with Gasteiger partial charge in [0.25, 0.3) is 0 Å². The van der Waals surface area contributed by atoms with Crippen molar-refractivity contribution in [2.75, 3.05) is 37.1 Å². The summed E-state index contributed by atoms with van der Waals surface area (Å²) in [6.07, 6.45) is -5.55. The maximum absolute atomic E-state index is 13.3. The first-order valence-electron chi connectivity index (χ1n) is 16.0. The minimum Gasteiger partial charge on any atom is -0.455 e. The number of nitrogens with zero attached hydrogens (tertiary/aromatic N) is 6. The lowest BCUT2D eigenvalue weighted by atomic mass is 10.1. The molecule has 2 unspecified atom stereocenters. The minimum absolute atomic E-state index is 0.0456. The number of fused-ring (bicyclic) bond motifs is 1. The normalized spacial score (nSPS) is 29.4. The second kappa shape index (κ2) is 16.3. The minimum atomic E-state index is -5.13. The Morgan fingerprint density at radius 3 is 2.60 bits per heavy atom. The molecule has 0 aliphatic carbocycles. The third kappa shape index (κ3) is 9.58. The number of thioether (sulfide) groups is 1. The molecule has 292 valence electrons. The third-order valence-corrected chi connectivity index (χ3v) is 11.3. The molecular weight excluding hydrogens is 770 g/mol. The second-order valence-electron chi connectivity index (χ2n) is 12.2. The largest absolute Gasteiger partial charge is 0.472 e. The van der Waals surface area contributed by atoms with Crippen molar-refractivity contribution in [1.29, 1.82) is 0 Å². The second-order valence-corrected chi connectivity index (χ2v) is 16.1. The molecule has 3 aromatic heterocycles. The molecule has 11 N–H and O–H groups in total. The molecular formula is C26H38N10O14P2S. The van der Waals surface area contributed by atoms with Crippen LogP contribution in [0.5, 0.6) is 0 Å². The van der Waals surface area contributed by atoms with Gasteiger partial charge in [0.05, 0.1) is 19.5 Å². The van der Waals surface area contributed by atoms with Crippen molar-refractivity contribution in [2.24, 2.45) is 5.73 Å². The number of hydrogen-bond acceptors (Lipinski definition) is 20. The molecule has 3 aromatic rings. The van der Waals surface area contributed by atoms with Crippen LogP contribution in [0.1, 0.15) is 31.7 Å². The predicted molar refractivity (Wildman–Crippen MR) is 181 cm³/mol. The number of carbonyl (C=O) groups is 1. The van der Waals surface area contributed by atoms with E-state index in [0.29, 0.717) is 6.42 Å². The first-order chi connectivity index (χ1) is 25.1. The van der Waals surface area contributed by atoms with Gasteiger partial charge in [0.2, 0.25) is 0 Å². The fourth-order valence-electron chi connectivity index (χ4n) is 5.95. The Bertz CT molecular complexity index is 1930. The topological polar surface area (TPSA) is 356 Å². The lowest BCUT2D eigenvalue weighted by Gasteiger charge is -2.24. The summed E-state index contributed by atoms with van der Waals surface area (Å²) in [5, 5.41) is 14.9. The highest BCUT2D eigenvalue weighted by atomic mass is 32.2. The fourth-order valence-corrected chi connectivity index (χ4v) is 8.26. The number of nitrogens with two attached hydrogens (primary N) is 3. The molecule has 0 radical (unpaired) electrons. The van der Waals surface area contributed by atoms with Gasteiger partial charge in [-0.25, -0.2) is 28.9 Å². The number of esters is 1. The van der Waals surface area contributed by atoms with Crippen LogP contribution in [0.3, 0.4) is 0 Å². The van der Waals surface area contributed by atoms with Crippen molar-refractivity contribution < 1.29 is 61.5 Å². The smallest absolute Gasteiger partial charge is 0.455 e. The summed E-state index contributed by atoms with van der Waals surface area (Å²) in [6.45, 7) is -0.852. The molecule has 3 fully saturated rings. The zero-order valence-corrected chi connectivity index (χ0v) is 30.1. The Morgan fingerprint density at radius 1 is 1.11 bits per heavy atom. The fraction of sp³-hybridized carbons (Fsp3) is 0.615. The van der Waals surface area contributed by atoms with Crippen LogP contribution in [0.4, 0.5) is 11.6 Å². The molecule has 3 saturated heterocycles. The van der Waals surface area contributed by atoms with Crippen molar-refractivity contribution in [3.05, 3.63) is 35.4 Å². The van der Waals surface area contributed by atoms with Gasteiger partial charge in [0, 0.05) is 30.3 Å². The van der Waals surface area contributed by atoms with E-state index < -0.39 is 89.5 Å². The molecule has 53 heavy (non-hydrogen) atoms. The molecule has 10 atom stereocenters. The van der Waals surface area contributed by atoms with E-state index in [4.69, 9.17) is 40.5 Å². The number of anilines is 2. The number of nitrogens with one attached hydrogen (secondary N) is 1. The Labute approximate surface area is 303 Å². The van der Waals surface area contributed by atoms with Crippen LogP contribution >= 0.6 is 27.4 Å². The molecule has 0 saturated carbocycles. The SMILES string of the molecule is Nc1ccn([C@H]2C[C@H](OP(=O)(O)OC[C@H]3O[C@@H](n4cnc5c(N)ncnc54)[C@H](O)[C@@H]3OC(=O)C(N)CC[C@H]3CNCS3)[C@@H](COP(=O)(O)O)O2)c(=O)n1. The predicted octanol–water partition coefficient (Wildman–Crippen LogP) is -1.91. The molecule has 0 spiro atoms. The van der Waals surface area contributed by atoms with E-state index in [9.17, 15) is 38.5 Å². The number of aromatic nitrogens is 6. The number of imidazole rings is 1. The first-order valence-corrected chi connectivity index (χ1v) is 20.1. The number of nitrogen functional groups attached to an aromatic ring is 2. The molecule has 6 heterocycles. The number of rotatable bonds is 15. The molecule has 3 aliphatic heterocycles. The summed E-state index contributed by atoms with van der Waals surface area (Å²) in [6, 6.07) is 0.226. The number of hydrogen-bond donors (Lipinski definition) is 8. The summed E-state index contributed by atoms with van der Waals surface area (Å²) in [7, 11) is -10.2. The number of ether oxygens (including phenoxy) is 3. The van der Waals surface area contributed by atoms with Gasteiger partial charge in [-0.1, -0.05) is 0 Å². The van der Waals surface area contributed by atoms with E-state index in [1.165, 1.54) is 29.5 Å². The van der Waals surface area contributed by atoms with Gasteiger partial charge in [-0.2, -0.15) is 4.98 Å². The molecule has 24 nitrogen and oxygen atoms in total. The number of phosphoric ester groups is 2. The molecule has 27 heteroatoms. The quantitative estimate of drug-likeness (QED) is 0.0613. The summed E-state index contributed by atoms with van der Waals surface area (Å²) in [5.74, 6) is -0.116. The molecule has 0 bridgehead atoms. The Balaban J connectivity index is 1.17. The van der Waals surface area contributed by atoms with Gasteiger partial charge < -0.3 is 56.5 Å². The number of phosphoric acid groups is 2. The van der Waals surface area contributed by atoms with E-state index in [1.807, 2.05) is 0 Å². The van der Waals surface area contributed by atoms with Crippen molar-refractivity contribution in [3.63, 3.8) is 0 Å². The Morgan fingerprint density at radius 2 is 1.89 bits per heavy atom. The van der Waals surface area contributed by atoms with Crippen molar-refractivity contribution in [2.45, 2.75) is 73.5 Å². The van der Waals surface area contributed by atoms with Crippen LogP contribution in [0, 0.1) is 0 Å². The van der Waals surface area contributed by atoms with Gasteiger partial charge in [-0.05, 0) is 18.9 Å². The van der Waals surface area contributed by atoms with E-state index >= 15 is 0 Å². The van der Waals surface area contributed by atoms with Crippen LogP contribution in [-0.2, 0) is 41.7 Å². The van der Waals surface area contributed by atoms with Crippen molar-refractivity contribution >= 4 is 56.2 Å². The van der Waals surface area contributed by atoms with Crippen LogP contribution in [0.25, 0.3) is 11.2 Å².